The highest BCUT2D eigenvalue weighted by molar-refractivity contribution is 6.47. The van der Waals surface area contributed by atoms with Gasteiger partial charge in [0.1, 0.15) is 11.5 Å². The molecule has 26 heavy (non-hydrogen) atoms. The van der Waals surface area contributed by atoms with Crippen LogP contribution in [-0.4, -0.2) is 42.0 Å². The first kappa shape index (κ1) is 18.1. The number of amides is 2. The topological polar surface area (TPSA) is 60.9 Å². The van der Waals surface area contributed by atoms with Crippen molar-refractivity contribution in [1.82, 2.24) is 4.90 Å². The number of aliphatic hydroxyl groups is 1. The number of imide groups is 1. The largest absolute Gasteiger partial charge is 0.395 e. The summed E-state index contributed by atoms with van der Waals surface area (Å²) in [6, 6.07) is 11.9. The van der Waals surface area contributed by atoms with Crippen molar-refractivity contribution in [3.8, 4) is 0 Å². The van der Waals surface area contributed by atoms with Crippen LogP contribution in [0.2, 0.25) is 5.02 Å². The Morgan fingerprint density at radius 3 is 2.35 bits per heavy atom. The highest BCUT2D eigenvalue weighted by atomic mass is 35.5. The molecule has 0 aliphatic carbocycles. The van der Waals surface area contributed by atoms with E-state index in [4.69, 9.17) is 11.6 Å². The molecule has 2 amide bonds. The van der Waals surface area contributed by atoms with E-state index in [1.54, 1.807) is 31.3 Å². The molecular formula is C19H16ClFN2O3. The van der Waals surface area contributed by atoms with Crippen molar-refractivity contribution < 1.29 is 19.1 Å². The molecule has 7 heteroatoms. The maximum atomic E-state index is 13.3. The number of aliphatic hydroxyl groups excluding tert-OH is 1. The lowest BCUT2D eigenvalue weighted by molar-refractivity contribution is -0.120. The van der Waals surface area contributed by atoms with Gasteiger partial charge in [0.15, 0.2) is 0 Å². The van der Waals surface area contributed by atoms with Crippen molar-refractivity contribution in [2.45, 2.75) is 0 Å². The number of halogens is 2. The molecule has 2 aromatic rings. The summed E-state index contributed by atoms with van der Waals surface area (Å²) in [4.78, 5) is 28.6. The first-order valence-corrected chi connectivity index (χ1v) is 8.29. The van der Waals surface area contributed by atoms with Crippen LogP contribution in [0.3, 0.4) is 0 Å². The van der Waals surface area contributed by atoms with Crippen LogP contribution in [0.4, 0.5) is 10.1 Å². The fourth-order valence-corrected chi connectivity index (χ4v) is 3.08. The molecule has 0 saturated carbocycles. The Balaban J connectivity index is 2.15. The predicted octanol–water partition coefficient (Wildman–Crippen LogP) is 2.69. The standard InChI is InChI=1S/C19H16ClFN2O3/c1-22(10-11-24)17-16(12-6-8-13(21)9-7-12)18(25)23(19(17)26)15-5-3-2-4-14(15)20/h2-9,24H,10-11H2,1H3. The lowest BCUT2D eigenvalue weighted by Gasteiger charge is -2.20. The monoisotopic (exact) mass is 374 g/mol. The van der Waals surface area contributed by atoms with Crippen LogP contribution in [0.1, 0.15) is 5.56 Å². The Hall–Kier alpha value is -2.70. The van der Waals surface area contributed by atoms with Gasteiger partial charge in [-0.25, -0.2) is 9.29 Å². The highest BCUT2D eigenvalue weighted by Crippen LogP contribution is 2.37. The minimum atomic E-state index is -0.547. The van der Waals surface area contributed by atoms with Gasteiger partial charge in [0.05, 0.1) is 22.9 Å². The minimum Gasteiger partial charge on any atom is -0.395 e. The zero-order valence-electron chi connectivity index (χ0n) is 13.9. The van der Waals surface area contributed by atoms with Crippen LogP contribution < -0.4 is 4.90 Å². The van der Waals surface area contributed by atoms with Gasteiger partial charge in [-0.05, 0) is 29.8 Å². The maximum absolute atomic E-state index is 13.3. The van der Waals surface area contributed by atoms with E-state index in [1.807, 2.05) is 0 Å². The number of rotatable bonds is 5. The van der Waals surface area contributed by atoms with E-state index in [1.165, 1.54) is 29.2 Å². The van der Waals surface area contributed by atoms with E-state index in [9.17, 15) is 19.1 Å². The van der Waals surface area contributed by atoms with Crippen LogP contribution in [0.25, 0.3) is 5.57 Å². The smallest absolute Gasteiger partial charge is 0.282 e. The molecule has 1 aliphatic rings. The average Bonchev–Trinajstić information content (AvgIpc) is 2.87. The lowest BCUT2D eigenvalue weighted by Crippen LogP contribution is -2.35. The van der Waals surface area contributed by atoms with Crippen molar-refractivity contribution in [2.24, 2.45) is 0 Å². The van der Waals surface area contributed by atoms with E-state index >= 15 is 0 Å². The molecule has 0 saturated heterocycles. The number of nitrogens with zero attached hydrogens (tertiary/aromatic N) is 2. The Labute approximate surface area is 154 Å². The zero-order valence-corrected chi connectivity index (χ0v) is 14.7. The van der Waals surface area contributed by atoms with Crippen LogP contribution in [-0.2, 0) is 9.59 Å². The van der Waals surface area contributed by atoms with Gasteiger partial charge in [0.2, 0.25) is 0 Å². The minimum absolute atomic E-state index is 0.135. The van der Waals surface area contributed by atoms with Gasteiger partial charge in [-0.2, -0.15) is 0 Å². The van der Waals surface area contributed by atoms with Gasteiger partial charge in [-0.3, -0.25) is 9.59 Å². The van der Waals surface area contributed by atoms with Gasteiger partial charge in [0.25, 0.3) is 11.8 Å². The molecule has 1 aliphatic heterocycles. The number of hydrogen-bond acceptors (Lipinski definition) is 4. The molecule has 134 valence electrons. The summed E-state index contributed by atoms with van der Waals surface area (Å²) in [7, 11) is 1.61. The van der Waals surface area contributed by atoms with E-state index in [-0.39, 0.29) is 35.1 Å². The Morgan fingerprint density at radius 2 is 1.73 bits per heavy atom. The summed E-state index contributed by atoms with van der Waals surface area (Å²) in [5.74, 6) is -1.53. The van der Waals surface area contributed by atoms with Crippen molar-refractivity contribution >= 4 is 34.7 Å². The molecule has 0 atom stereocenters. The van der Waals surface area contributed by atoms with Gasteiger partial charge in [0, 0.05) is 13.6 Å². The quantitative estimate of drug-likeness (QED) is 0.817. The summed E-state index contributed by atoms with van der Waals surface area (Å²) in [5, 5.41) is 9.49. The third-order valence-corrected chi connectivity index (χ3v) is 4.42. The summed E-state index contributed by atoms with van der Waals surface area (Å²) in [5.41, 5.74) is 0.969. The molecular weight excluding hydrogens is 359 g/mol. The first-order valence-electron chi connectivity index (χ1n) is 7.91. The van der Waals surface area contributed by atoms with Crippen molar-refractivity contribution in [1.29, 1.82) is 0 Å². The summed E-state index contributed by atoms with van der Waals surface area (Å²) in [6.45, 7) is -0.0281. The Kier molecular flexibility index (Phi) is 5.06. The molecule has 0 bridgehead atoms. The third-order valence-electron chi connectivity index (χ3n) is 4.10. The number of hydrogen-bond donors (Lipinski definition) is 1. The second kappa shape index (κ2) is 7.27. The van der Waals surface area contributed by atoms with E-state index in [2.05, 4.69) is 0 Å². The normalized spacial score (nSPS) is 14.4. The fraction of sp³-hybridized carbons (Fsp3) is 0.158. The number of carbonyl (C=O) groups excluding carboxylic acids is 2. The summed E-state index contributed by atoms with van der Waals surface area (Å²) >= 11 is 6.17. The molecule has 0 aromatic heterocycles. The summed E-state index contributed by atoms with van der Waals surface area (Å²) in [6.07, 6.45) is 0. The number of carbonyl (C=O) groups is 2. The van der Waals surface area contributed by atoms with Crippen molar-refractivity contribution in [3.05, 3.63) is 70.6 Å². The second-order valence-electron chi connectivity index (χ2n) is 5.77. The highest BCUT2D eigenvalue weighted by Gasteiger charge is 2.42. The Bertz CT molecular complexity index is 896. The molecule has 0 unspecified atom stereocenters. The molecule has 0 spiro atoms. The molecule has 5 nitrogen and oxygen atoms in total. The molecule has 0 fully saturated rings. The second-order valence-corrected chi connectivity index (χ2v) is 6.18. The number of likely N-dealkylation sites (N-methyl/N-ethyl adjacent to an activating group) is 1. The van der Waals surface area contributed by atoms with Crippen molar-refractivity contribution in [3.63, 3.8) is 0 Å². The average molecular weight is 375 g/mol. The van der Waals surface area contributed by atoms with Crippen LogP contribution in [0, 0.1) is 5.82 Å². The van der Waals surface area contributed by atoms with Gasteiger partial charge >= 0.3 is 0 Å². The maximum Gasteiger partial charge on any atom is 0.282 e. The first-order chi connectivity index (χ1) is 12.5. The number of para-hydroxylation sites is 1. The van der Waals surface area contributed by atoms with Gasteiger partial charge < -0.3 is 10.0 Å². The molecule has 1 N–H and O–H groups in total. The van der Waals surface area contributed by atoms with E-state index < -0.39 is 17.6 Å². The third kappa shape index (κ3) is 3.09. The predicted molar refractivity (Wildman–Crippen MR) is 97.0 cm³/mol. The van der Waals surface area contributed by atoms with Crippen molar-refractivity contribution in [2.75, 3.05) is 25.1 Å². The Morgan fingerprint density at radius 1 is 1.08 bits per heavy atom. The SMILES string of the molecule is CN(CCO)C1=C(c2ccc(F)cc2)C(=O)N(c2ccccc2Cl)C1=O. The van der Waals surface area contributed by atoms with Crippen LogP contribution in [0.15, 0.2) is 54.2 Å². The molecule has 0 radical (unpaired) electrons. The van der Waals surface area contributed by atoms with Gasteiger partial charge in [-0.15, -0.1) is 0 Å². The van der Waals surface area contributed by atoms with E-state index in [0.717, 1.165) is 4.90 Å². The lowest BCUT2D eigenvalue weighted by atomic mass is 10.0. The fourth-order valence-electron chi connectivity index (χ4n) is 2.86. The van der Waals surface area contributed by atoms with E-state index in [0.29, 0.717) is 5.56 Å². The van der Waals surface area contributed by atoms with Gasteiger partial charge in [-0.1, -0.05) is 35.9 Å². The zero-order chi connectivity index (χ0) is 18.8. The molecule has 2 aromatic carbocycles. The van der Waals surface area contributed by atoms with Crippen LogP contribution in [0.5, 0.6) is 0 Å². The van der Waals surface area contributed by atoms with Crippen LogP contribution >= 0.6 is 11.6 Å². The summed E-state index contributed by atoms with van der Waals surface area (Å²) < 4.78 is 13.3. The number of benzene rings is 2. The molecule has 1 heterocycles. The number of anilines is 1. The molecule has 3 rings (SSSR count).